The molecule has 0 unspecified atom stereocenters. The Balaban J connectivity index is 0. The summed E-state index contributed by atoms with van der Waals surface area (Å²) in [6, 6.07) is 0. The zero-order valence-corrected chi connectivity index (χ0v) is 9.68. The summed E-state index contributed by atoms with van der Waals surface area (Å²) in [6.45, 7) is 0. The van der Waals surface area contributed by atoms with Crippen LogP contribution in [-0.2, 0) is 1.40 Å². The molecule has 0 aliphatic heterocycles. The normalized spacial score (nSPS) is 4.50. The monoisotopic (exact) mass is 409 g/mol. The van der Waals surface area contributed by atoms with Crippen molar-refractivity contribution in [2.45, 2.75) is 0 Å². The van der Waals surface area contributed by atoms with Crippen LogP contribution in [0.1, 0.15) is 0 Å². The number of hydrogen-bond acceptors (Lipinski definition) is 1. The molecule has 0 saturated carbocycles. The van der Waals surface area contributed by atoms with Gasteiger partial charge < -0.3 is 0 Å². The van der Waals surface area contributed by atoms with Crippen molar-refractivity contribution in [3.8, 4) is 0 Å². The molecule has 0 aliphatic carbocycles. The maximum absolute atomic E-state index is 4.19. The van der Waals surface area contributed by atoms with E-state index in [2.05, 4.69) is 1.40 Å². The van der Waals surface area contributed by atoms with Crippen LogP contribution in [0.4, 0.5) is 0 Å². The van der Waals surface area contributed by atoms with Gasteiger partial charge in [0, 0.05) is 35.6 Å². The van der Waals surface area contributed by atoms with Crippen LogP contribution in [0.2, 0.25) is 0 Å². The van der Waals surface area contributed by atoms with Crippen LogP contribution in [0.3, 0.4) is 0 Å². The first-order valence-electron chi connectivity index (χ1n) is 0.309. The van der Waals surface area contributed by atoms with Crippen LogP contribution in [0.5, 0.6) is 0 Å². The van der Waals surface area contributed by atoms with Crippen molar-refractivity contribution in [2.75, 3.05) is 0 Å². The van der Waals surface area contributed by atoms with Crippen molar-refractivity contribution in [1.82, 2.24) is 0 Å². The average Bonchev–Trinajstić information content (AvgIpc) is 0.918. The Morgan fingerprint density at radius 3 is 1.25 bits per heavy atom. The van der Waals surface area contributed by atoms with Gasteiger partial charge in [-0.25, -0.2) is 1.40 Å². The second-order valence-electron chi connectivity index (χ2n) is 0.0583. The van der Waals surface area contributed by atoms with Gasteiger partial charge in [0.15, 0.2) is 0 Å². The summed E-state index contributed by atoms with van der Waals surface area (Å²) in [7, 11) is 0. The fourth-order valence-electron chi connectivity index (χ4n) is 0. The molecule has 1 radical (unpaired) electrons. The standard InChI is InChI=1S/I2O.La/c1-3-2;. The fourth-order valence-corrected chi connectivity index (χ4v) is 0. The quantitative estimate of drug-likeness (QED) is 0.555. The molecule has 0 rings (SSSR count). The van der Waals surface area contributed by atoms with Crippen LogP contribution >= 0.6 is 46.0 Å². The fraction of sp³-hybridized carbons (Fsp3) is 0. The minimum atomic E-state index is 0. The Morgan fingerprint density at radius 2 is 1.25 bits per heavy atom. The maximum atomic E-state index is 4.19. The van der Waals surface area contributed by atoms with Crippen molar-refractivity contribution in [3.05, 3.63) is 0 Å². The van der Waals surface area contributed by atoms with E-state index in [1.165, 1.54) is 0 Å². The van der Waals surface area contributed by atoms with Crippen LogP contribution in [0, 0.1) is 35.6 Å². The summed E-state index contributed by atoms with van der Waals surface area (Å²) in [6.07, 6.45) is 0. The topological polar surface area (TPSA) is 9.23 Å². The van der Waals surface area contributed by atoms with E-state index < -0.39 is 0 Å². The molecule has 0 aromatic heterocycles. The van der Waals surface area contributed by atoms with Gasteiger partial charge in [-0.1, -0.05) is 0 Å². The number of halogens is 2. The zero-order valence-electron chi connectivity index (χ0n) is 1.74. The molecule has 0 saturated heterocycles. The maximum Gasteiger partial charge on any atom is 0.124 e. The summed E-state index contributed by atoms with van der Waals surface area (Å²) in [5.41, 5.74) is 0. The van der Waals surface area contributed by atoms with E-state index in [1.807, 2.05) is 0 Å². The van der Waals surface area contributed by atoms with Crippen molar-refractivity contribution >= 4 is 46.0 Å². The Labute approximate surface area is 81.2 Å². The molecule has 0 fully saturated rings. The van der Waals surface area contributed by atoms with E-state index in [1.54, 1.807) is 46.0 Å². The molecule has 0 bridgehead atoms. The van der Waals surface area contributed by atoms with E-state index in [-0.39, 0.29) is 35.6 Å². The molecule has 0 aliphatic rings. The molecular weight excluding hydrogens is 409 g/mol. The molecule has 1 nitrogen and oxygen atoms in total. The van der Waals surface area contributed by atoms with Crippen molar-refractivity contribution in [2.24, 2.45) is 0 Å². The van der Waals surface area contributed by atoms with Crippen molar-refractivity contribution in [1.29, 1.82) is 0 Å². The Kier molecular flexibility index (Phi) is 22.4. The first-order valence-corrected chi connectivity index (χ1v) is 2.07. The molecule has 0 aromatic rings. The third kappa shape index (κ3) is 8.82. The van der Waals surface area contributed by atoms with Crippen LogP contribution in [0.15, 0.2) is 0 Å². The second kappa shape index (κ2) is 9.15. The smallest absolute Gasteiger partial charge is 0.124 e. The summed E-state index contributed by atoms with van der Waals surface area (Å²) in [5, 5.41) is 0. The van der Waals surface area contributed by atoms with E-state index in [9.17, 15) is 0 Å². The third-order valence-electron chi connectivity index (χ3n) is 0. The number of rotatable bonds is 0. The van der Waals surface area contributed by atoms with Gasteiger partial charge in [0.2, 0.25) is 0 Å². The van der Waals surface area contributed by atoms with E-state index in [0.29, 0.717) is 0 Å². The first kappa shape index (κ1) is 9.79. The molecule has 0 aromatic carbocycles. The Bertz CT molecular complexity index is 6.00. The van der Waals surface area contributed by atoms with Gasteiger partial charge in [-0.15, -0.1) is 0 Å². The minimum absolute atomic E-state index is 0. The molecule has 23 valence electrons. The zero-order chi connectivity index (χ0) is 2.71. The second-order valence-corrected chi connectivity index (χ2v) is 2.62. The molecule has 0 atom stereocenters. The summed E-state index contributed by atoms with van der Waals surface area (Å²) < 4.78 is 4.19. The van der Waals surface area contributed by atoms with Gasteiger partial charge in [-0.3, -0.25) is 0 Å². The molecule has 0 spiro atoms. The average molecular weight is 409 g/mol. The molecule has 4 heavy (non-hydrogen) atoms. The molecular formula is I2LaO. The minimum Gasteiger partial charge on any atom is -0.247 e. The van der Waals surface area contributed by atoms with Crippen molar-refractivity contribution < 1.29 is 37.0 Å². The number of hydrogen-bond donors (Lipinski definition) is 0. The van der Waals surface area contributed by atoms with E-state index >= 15 is 0 Å². The summed E-state index contributed by atoms with van der Waals surface area (Å²) in [4.78, 5) is 0. The predicted octanol–water partition coefficient (Wildman–Crippen LogP) is 1.70. The van der Waals surface area contributed by atoms with Crippen LogP contribution in [-0.4, -0.2) is 0 Å². The van der Waals surface area contributed by atoms with Gasteiger partial charge in [-0.05, 0) is 0 Å². The van der Waals surface area contributed by atoms with Gasteiger partial charge in [-0.2, -0.15) is 0 Å². The van der Waals surface area contributed by atoms with E-state index in [4.69, 9.17) is 0 Å². The van der Waals surface area contributed by atoms with Gasteiger partial charge in [0.05, 0.1) is 0 Å². The van der Waals surface area contributed by atoms with Gasteiger partial charge in [0.25, 0.3) is 0 Å². The van der Waals surface area contributed by atoms with Gasteiger partial charge >= 0.3 is 0 Å². The van der Waals surface area contributed by atoms with Crippen LogP contribution in [0.25, 0.3) is 0 Å². The predicted molar refractivity (Wildman–Crippen MR) is 29.1 cm³/mol. The Morgan fingerprint density at radius 1 is 1.25 bits per heavy atom. The third-order valence-corrected chi connectivity index (χ3v) is 0. The van der Waals surface area contributed by atoms with E-state index in [0.717, 1.165) is 0 Å². The van der Waals surface area contributed by atoms with Gasteiger partial charge in [0.1, 0.15) is 46.0 Å². The SMILES string of the molecule is IOI.[La]. The summed E-state index contributed by atoms with van der Waals surface area (Å²) >= 11 is 3.55. The first-order chi connectivity index (χ1) is 1.41. The molecule has 0 N–H and O–H groups in total. The molecule has 0 amide bonds. The molecule has 4 heteroatoms. The van der Waals surface area contributed by atoms with Crippen LogP contribution < -0.4 is 0 Å². The molecule has 0 heterocycles. The van der Waals surface area contributed by atoms with Crippen molar-refractivity contribution in [3.63, 3.8) is 0 Å². The summed E-state index contributed by atoms with van der Waals surface area (Å²) in [5.74, 6) is 0. The Hall–Kier alpha value is 2.61. The largest absolute Gasteiger partial charge is 0.247 e.